The highest BCUT2D eigenvalue weighted by Crippen LogP contribution is 2.44. The number of esters is 1. The molecule has 1 saturated carbocycles. The highest BCUT2D eigenvalue weighted by Gasteiger charge is 2.48. The highest BCUT2D eigenvalue weighted by molar-refractivity contribution is 7.09. The van der Waals surface area contributed by atoms with E-state index < -0.39 is 5.54 Å². The third-order valence-electron chi connectivity index (χ3n) is 2.54. The Labute approximate surface area is 85.3 Å². The third kappa shape index (κ3) is 1.40. The van der Waals surface area contributed by atoms with Gasteiger partial charge in [-0.15, -0.1) is 21.5 Å². The van der Waals surface area contributed by atoms with Crippen LogP contribution >= 0.6 is 11.3 Å². The summed E-state index contributed by atoms with van der Waals surface area (Å²) in [4.78, 5) is 11.1. The van der Waals surface area contributed by atoms with Crippen LogP contribution in [-0.2, 0) is 15.1 Å². The van der Waals surface area contributed by atoms with Gasteiger partial charge in [-0.3, -0.25) is 4.79 Å². The third-order valence-corrected chi connectivity index (χ3v) is 3.45. The molecule has 1 aromatic heterocycles. The zero-order valence-corrected chi connectivity index (χ0v) is 8.58. The lowest BCUT2D eigenvalue weighted by Crippen LogP contribution is -2.51. The normalized spacial score (nSPS) is 30.9. The number of aromatic nitrogens is 2. The molecule has 2 rings (SSSR count). The van der Waals surface area contributed by atoms with Crippen LogP contribution in [0.5, 0.6) is 0 Å². The number of rotatable bonds is 2. The minimum absolute atomic E-state index is 0.0751. The lowest BCUT2D eigenvalue weighted by molar-refractivity contribution is -0.151. The van der Waals surface area contributed by atoms with Gasteiger partial charge in [0.1, 0.15) is 10.5 Å². The van der Waals surface area contributed by atoms with E-state index in [2.05, 4.69) is 14.9 Å². The molecule has 1 heterocycles. The topological polar surface area (TPSA) is 78.1 Å². The van der Waals surface area contributed by atoms with Crippen LogP contribution in [0.15, 0.2) is 5.51 Å². The molecule has 0 aromatic carbocycles. The van der Waals surface area contributed by atoms with Gasteiger partial charge >= 0.3 is 5.97 Å². The van der Waals surface area contributed by atoms with E-state index in [0.29, 0.717) is 12.8 Å². The van der Waals surface area contributed by atoms with Gasteiger partial charge in [-0.25, -0.2) is 0 Å². The van der Waals surface area contributed by atoms with Crippen LogP contribution in [0.1, 0.15) is 17.8 Å². The maximum absolute atomic E-state index is 11.1. The summed E-state index contributed by atoms with van der Waals surface area (Å²) in [6.07, 6.45) is 1.21. The monoisotopic (exact) mass is 213 g/mol. The first kappa shape index (κ1) is 9.54. The summed E-state index contributed by atoms with van der Waals surface area (Å²) in [6.45, 7) is 0. The van der Waals surface area contributed by atoms with Crippen LogP contribution in [0.3, 0.4) is 0 Å². The van der Waals surface area contributed by atoms with Crippen molar-refractivity contribution in [1.82, 2.24) is 10.2 Å². The Kier molecular flexibility index (Phi) is 2.24. The lowest BCUT2D eigenvalue weighted by Gasteiger charge is -2.41. The predicted molar refractivity (Wildman–Crippen MR) is 50.5 cm³/mol. The van der Waals surface area contributed by atoms with Crippen molar-refractivity contribution < 1.29 is 9.53 Å². The number of carbonyl (C=O) groups excluding carboxylic acids is 1. The molecular weight excluding hydrogens is 202 g/mol. The van der Waals surface area contributed by atoms with Gasteiger partial charge in [0.05, 0.1) is 18.6 Å². The van der Waals surface area contributed by atoms with E-state index >= 15 is 0 Å². The Morgan fingerprint density at radius 2 is 2.50 bits per heavy atom. The maximum Gasteiger partial charge on any atom is 0.308 e. The van der Waals surface area contributed by atoms with Crippen molar-refractivity contribution in [2.75, 3.05) is 7.11 Å². The van der Waals surface area contributed by atoms with E-state index in [1.165, 1.54) is 18.4 Å². The number of carbonyl (C=O) groups is 1. The zero-order valence-electron chi connectivity index (χ0n) is 7.77. The minimum Gasteiger partial charge on any atom is -0.469 e. The highest BCUT2D eigenvalue weighted by atomic mass is 32.1. The fourth-order valence-electron chi connectivity index (χ4n) is 1.72. The lowest BCUT2D eigenvalue weighted by atomic mass is 9.69. The summed E-state index contributed by atoms with van der Waals surface area (Å²) in [5.74, 6) is -0.260. The standard InChI is InChI=1S/C8H11N3O2S/c1-13-6(12)5-2-8(9,3-5)7-11-10-4-14-7/h4-5H,2-3,9H2,1H3. The minimum atomic E-state index is -0.458. The number of nitrogens with two attached hydrogens (primary N) is 1. The van der Waals surface area contributed by atoms with Gasteiger partial charge in [0.25, 0.3) is 0 Å². The summed E-state index contributed by atoms with van der Waals surface area (Å²) >= 11 is 1.43. The average molecular weight is 213 g/mol. The number of ether oxygens (including phenoxy) is 1. The van der Waals surface area contributed by atoms with Gasteiger partial charge in [0.15, 0.2) is 0 Å². The first-order valence-corrected chi connectivity index (χ1v) is 5.17. The van der Waals surface area contributed by atoms with E-state index in [9.17, 15) is 4.79 Å². The number of hydrogen-bond donors (Lipinski definition) is 1. The summed E-state index contributed by atoms with van der Waals surface area (Å²) in [5.41, 5.74) is 7.24. The van der Waals surface area contributed by atoms with Crippen LogP contribution < -0.4 is 5.73 Å². The van der Waals surface area contributed by atoms with Crippen LogP contribution in [0.2, 0.25) is 0 Å². The number of hydrogen-bond acceptors (Lipinski definition) is 6. The Balaban J connectivity index is 2.02. The van der Waals surface area contributed by atoms with Crippen molar-refractivity contribution in [3.05, 3.63) is 10.5 Å². The second-order valence-electron chi connectivity index (χ2n) is 3.53. The molecule has 1 aromatic rings. The summed E-state index contributed by atoms with van der Waals surface area (Å²) in [6, 6.07) is 0. The van der Waals surface area contributed by atoms with E-state index in [-0.39, 0.29) is 11.9 Å². The van der Waals surface area contributed by atoms with Crippen LogP contribution in [0, 0.1) is 5.92 Å². The Hall–Kier alpha value is -1.01. The molecule has 0 spiro atoms. The van der Waals surface area contributed by atoms with E-state index in [1.807, 2.05) is 0 Å². The maximum atomic E-state index is 11.1. The van der Waals surface area contributed by atoms with Crippen LogP contribution in [0.25, 0.3) is 0 Å². The summed E-state index contributed by atoms with van der Waals surface area (Å²) in [5, 5.41) is 8.46. The molecule has 0 radical (unpaired) electrons. The molecule has 0 amide bonds. The van der Waals surface area contributed by atoms with Crippen LogP contribution in [-0.4, -0.2) is 23.3 Å². The molecule has 2 N–H and O–H groups in total. The van der Waals surface area contributed by atoms with Crippen molar-refractivity contribution >= 4 is 17.3 Å². The molecular formula is C8H11N3O2S. The largest absolute Gasteiger partial charge is 0.469 e. The second-order valence-corrected chi connectivity index (χ2v) is 4.36. The van der Waals surface area contributed by atoms with Crippen molar-refractivity contribution in [3.63, 3.8) is 0 Å². The fourth-order valence-corrected chi connectivity index (χ4v) is 2.41. The summed E-state index contributed by atoms with van der Waals surface area (Å²) in [7, 11) is 1.39. The molecule has 14 heavy (non-hydrogen) atoms. The molecule has 0 unspecified atom stereocenters. The smallest absolute Gasteiger partial charge is 0.308 e. The van der Waals surface area contributed by atoms with Crippen molar-refractivity contribution in [2.45, 2.75) is 18.4 Å². The van der Waals surface area contributed by atoms with Gasteiger partial charge in [-0.05, 0) is 12.8 Å². The van der Waals surface area contributed by atoms with Crippen LogP contribution in [0.4, 0.5) is 0 Å². The quantitative estimate of drug-likeness (QED) is 0.714. The summed E-state index contributed by atoms with van der Waals surface area (Å²) < 4.78 is 4.64. The Morgan fingerprint density at radius 1 is 1.79 bits per heavy atom. The fraction of sp³-hybridized carbons (Fsp3) is 0.625. The molecule has 6 heteroatoms. The van der Waals surface area contributed by atoms with E-state index in [4.69, 9.17) is 5.73 Å². The number of nitrogens with zero attached hydrogens (tertiary/aromatic N) is 2. The molecule has 76 valence electrons. The van der Waals surface area contributed by atoms with Crippen molar-refractivity contribution in [2.24, 2.45) is 11.7 Å². The van der Waals surface area contributed by atoms with Gasteiger partial charge in [-0.1, -0.05) is 0 Å². The van der Waals surface area contributed by atoms with E-state index in [1.54, 1.807) is 5.51 Å². The molecule has 0 saturated heterocycles. The molecule has 0 aliphatic heterocycles. The first-order chi connectivity index (χ1) is 6.65. The predicted octanol–water partition coefficient (Wildman–Crippen LogP) is 0.275. The average Bonchev–Trinajstić information content (AvgIpc) is 2.64. The Morgan fingerprint density at radius 3 is 3.00 bits per heavy atom. The Bertz CT molecular complexity index is 332. The molecule has 1 aliphatic carbocycles. The first-order valence-electron chi connectivity index (χ1n) is 4.29. The van der Waals surface area contributed by atoms with Gasteiger partial charge in [-0.2, -0.15) is 0 Å². The molecule has 0 bridgehead atoms. The molecule has 1 aliphatic rings. The zero-order chi connectivity index (χ0) is 10.2. The second kappa shape index (κ2) is 3.29. The molecule has 1 fully saturated rings. The van der Waals surface area contributed by atoms with Gasteiger partial charge in [0.2, 0.25) is 0 Å². The van der Waals surface area contributed by atoms with Gasteiger partial charge in [0, 0.05) is 0 Å². The SMILES string of the molecule is COC(=O)C1CC(N)(c2nncs2)C1. The van der Waals surface area contributed by atoms with Crippen molar-refractivity contribution in [1.29, 1.82) is 0 Å². The van der Waals surface area contributed by atoms with Crippen molar-refractivity contribution in [3.8, 4) is 0 Å². The molecule has 5 nitrogen and oxygen atoms in total. The van der Waals surface area contributed by atoms with Gasteiger partial charge < -0.3 is 10.5 Å². The number of methoxy groups -OCH3 is 1. The molecule has 0 atom stereocenters. The van der Waals surface area contributed by atoms with E-state index in [0.717, 1.165) is 5.01 Å².